The first kappa shape index (κ1) is 38.7. The quantitative estimate of drug-likeness (QED) is 0.0986. The van der Waals surface area contributed by atoms with Gasteiger partial charge in [0.2, 0.25) is 0 Å². The fraction of sp³-hybridized carbons (Fsp3) is 0.375. The monoisotopic (exact) mass is 663 g/mol. The second-order valence-corrected chi connectivity index (χ2v) is 15.6. The van der Waals surface area contributed by atoms with Crippen molar-refractivity contribution >= 4 is 34.9 Å². The van der Waals surface area contributed by atoms with Crippen LogP contribution in [0.4, 0.5) is 5.69 Å². The molecule has 0 bridgehead atoms. The van der Waals surface area contributed by atoms with Crippen LogP contribution in [0.25, 0.3) is 0 Å². The average molecular weight is 665 g/mol. The highest BCUT2D eigenvalue weighted by molar-refractivity contribution is 6.36. The van der Waals surface area contributed by atoms with Crippen LogP contribution in [0.1, 0.15) is 97.1 Å². The number of hydrogen-bond donors (Lipinski definition) is 2. The minimum absolute atomic E-state index is 0.00789. The molecule has 0 aliphatic rings. The van der Waals surface area contributed by atoms with E-state index in [0.29, 0.717) is 17.2 Å². The van der Waals surface area contributed by atoms with Gasteiger partial charge in [-0.25, -0.2) is 0 Å². The van der Waals surface area contributed by atoms with Gasteiger partial charge in [-0.15, -0.1) is 0 Å². The zero-order valence-corrected chi connectivity index (χ0v) is 30.6. The standard InChI is InChI=1S/C18H20Cl2.C12H16O2.C10H15NO/c1-18(2,3)12-14-8-5-4-7-13(14)11-15-16(19)9-6-10-17(15)20;1-9(13)14-11-8-6-5-7-10(11)12(2,3)4;1-10(2,3)8-6-7(11)4-5-9(8)12/h4-10H,11-12H2,1-3H3;5-8H,1-4H3;4-6,12H,11H2,1-3H3. The van der Waals surface area contributed by atoms with E-state index in [1.165, 1.54) is 18.1 Å². The molecule has 0 spiro atoms. The summed E-state index contributed by atoms with van der Waals surface area (Å²) in [5.41, 5.74) is 12.1. The van der Waals surface area contributed by atoms with Crippen molar-refractivity contribution in [3.8, 4) is 11.5 Å². The zero-order chi connectivity index (χ0) is 34.9. The van der Waals surface area contributed by atoms with Crippen molar-refractivity contribution in [2.75, 3.05) is 5.73 Å². The molecule has 0 saturated heterocycles. The maximum Gasteiger partial charge on any atom is 0.308 e. The molecule has 6 heteroatoms. The Bertz CT molecular complexity index is 1570. The molecule has 0 radical (unpaired) electrons. The Hall–Kier alpha value is -3.47. The van der Waals surface area contributed by atoms with Crippen molar-refractivity contribution in [1.82, 2.24) is 0 Å². The van der Waals surface area contributed by atoms with Gasteiger partial charge in [-0.3, -0.25) is 4.79 Å². The number of hydrogen-bond acceptors (Lipinski definition) is 4. The number of anilines is 1. The molecular formula is C40H51Cl2NO3. The van der Waals surface area contributed by atoms with Crippen LogP contribution in [-0.2, 0) is 28.5 Å². The normalized spacial score (nSPS) is 11.5. The average Bonchev–Trinajstić information content (AvgIpc) is 2.92. The third-order valence-electron chi connectivity index (χ3n) is 7.05. The number of carbonyl (C=O) groups is 1. The molecule has 0 saturated carbocycles. The Balaban J connectivity index is 0.000000250. The van der Waals surface area contributed by atoms with Gasteiger partial charge in [0.15, 0.2) is 0 Å². The summed E-state index contributed by atoms with van der Waals surface area (Å²) < 4.78 is 5.13. The van der Waals surface area contributed by atoms with Gasteiger partial charge in [-0.1, -0.05) is 134 Å². The van der Waals surface area contributed by atoms with Crippen LogP contribution in [0, 0.1) is 5.41 Å². The van der Waals surface area contributed by atoms with Crippen molar-refractivity contribution < 1.29 is 14.6 Å². The number of phenols is 1. The Labute approximate surface area is 286 Å². The van der Waals surface area contributed by atoms with E-state index in [-0.39, 0.29) is 22.2 Å². The van der Waals surface area contributed by atoms with E-state index in [1.54, 1.807) is 12.1 Å². The van der Waals surface area contributed by atoms with E-state index < -0.39 is 0 Å². The van der Waals surface area contributed by atoms with Gasteiger partial charge in [0.1, 0.15) is 11.5 Å². The predicted molar refractivity (Wildman–Crippen MR) is 197 cm³/mol. The van der Waals surface area contributed by atoms with E-state index in [9.17, 15) is 9.90 Å². The molecule has 248 valence electrons. The van der Waals surface area contributed by atoms with Gasteiger partial charge in [0.25, 0.3) is 0 Å². The van der Waals surface area contributed by atoms with Crippen LogP contribution >= 0.6 is 23.2 Å². The lowest BCUT2D eigenvalue weighted by atomic mass is 9.85. The van der Waals surface area contributed by atoms with Crippen molar-refractivity contribution in [2.45, 2.75) is 92.9 Å². The van der Waals surface area contributed by atoms with Gasteiger partial charge in [-0.2, -0.15) is 0 Å². The Morgan fingerprint density at radius 2 is 1.24 bits per heavy atom. The first-order valence-electron chi connectivity index (χ1n) is 15.6. The molecule has 46 heavy (non-hydrogen) atoms. The molecule has 0 aliphatic heterocycles. The molecule has 3 N–H and O–H groups in total. The first-order valence-corrected chi connectivity index (χ1v) is 16.3. The molecule has 4 nitrogen and oxygen atoms in total. The van der Waals surface area contributed by atoms with Gasteiger partial charge in [0.05, 0.1) is 0 Å². The van der Waals surface area contributed by atoms with Gasteiger partial charge < -0.3 is 15.6 Å². The lowest BCUT2D eigenvalue weighted by molar-refractivity contribution is -0.131. The van der Waals surface area contributed by atoms with Crippen LogP contribution in [0.5, 0.6) is 11.5 Å². The van der Waals surface area contributed by atoms with Gasteiger partial charge in [-0.05, 0) is 75.8 Å². The van der Waals surface area contributed by atoms with Crippen molar-refractivity contribution in [1.29, 1.82) is 0 Å². The SMILES string of the molecule is CC(=O)Oc1ccccc1C(C)(C)C.CC(C)(C)Cc1ccccc1Cc1c(Cl)cccc1Cl.CC(C)(C)c1cc(N)ccc1O. The molecule has 0 heterocycles. The van der Waals surface area contributed by atoms with Crippen LogP contribution in [0.2, 0.25) is 10.0 Å². The van der Waals surface area contributed by atoms with Gasteiger partial charge >= 0.3 is 5.97 Å². The number of ether oxygens (including phenoxy) is 1. The highest BCUT2D eigenvalue weighted by Crippen LogP contribution is 2.33. The number of esters is 1. The summed E-state index contributed by atoms with van der Waals surface area (Å²) in [6.45, 7) is 20.6. The number of rotatable bonds is 4. The smallest absolute Gasteiger partial charge is 0.308 e. The fourth-order valence-corrected chi connectivity index (χ4v) is 5.38. The summed E-state index contributed by atoms with van der Waals surface area (Å²) >= 11 is 12.6. The van der Waals surface area contributed by atoms with E-state index in [1.807, 2.05) is 69.3 Å². The number of carbonyl (C=O) groups excluding carboxylic acids is 1. The molecule has 0 aromatic heterocycles. The van der Waals surface area contributed by atoms with Crippen LogP contribution in [0.15, 0.2) is 84.9 Å². The van der Waals surface area contributed by atoms with Crippen LogP contribution < -0.4 is 10.5 Å². The summed E-state index contributed by atoms with van der Waals surface area (Å²) in [6.07, 6.45) is 1.83. The molecule has 4 aromatic carbocycles. The number of phenolic OH excluding ortho intramolecular Hbond substituents is 1. The zero-order valence-electron chi connectivity index (χ0n) is 29.1. The third kappa shape index (κ3) is 12.7. The molecule has 0 atom stereocenters. The van der Waals surface area contributed by atoms with Crippen LogP contribution in [0.3, 0.4) is 0 Å². The maximum absolute atomic E-state index is 10.9. The number of para-hydroxylation sites is 1. The molecule has 0 amide bonds. The summed E-state index contributed by atoms with van der Waals surface area (Å²) in [5.74, 6) is 0.700. The van der Waals surface area contributed by atoms with E-state index in [2.05, 4.69) is 65.8 Å². The van der Waals surface area contributed by atoms with E-state index in [0.717, 1.165) is 39.6 Å². The molecule has 0 fully saturated rings. The second kappa shape index (κ2) is 16.4. The molecule has 0 unspecified atom stereocenters. The Morgan fingerprint density at radius 1 is 0.717 bits per heavy atom. The van der Waals surface area contributed by atoms with Gasteiger partial charge in [0, 0.05) is 40.2 Å². The summed E-state index contributed by atoms with van der Waals surface area (Å²) in [5, 5.41) is 11.0. The number of nitrogens with two attached hydrogens (primary N) is 1. The molecule has 0 aliphatic carbocycles. The third-order valence-corrected chi connectivity index (χ3v) is 7.75. The highest BCUT2D eigenvalue weighted by atomic mass is 35.5. The number of benzene rings is 4. The predicted octanol–water partition coefficient (Wildman–Crippen LogP) is 11.4. The largest absolute Gasteiger partial charge is 0.508 e. The number of aromatic hydroxyl groups is 1. The summed E-state index contributed by atoms with van der Waals surface area (Å²) in [4.78, 5) is 10.9. The topological polar surface area (TPSA) is 72.5 Å². The lowest BCUT2D eigenvalue weighted by Crippen LogP contribution is -2.14. The molecular weight excluding hydrogens is 613 g/mol. The van der Waals surface area contributed by atoms with E-state index >= 15 is 0 Å². The van der Waals surface area contributed by atoms with Crippen molar-refractivity contribution in [3.05, 3.63) is 123 Å². The minimum atomic E-state index is -0.276. The fourth-order valence-electron chi connectivity index (χ4n) is 4.85. The Morgan fingerprint density at radius 3 is 1.74 bits per heavy atom. The molecule has 4 rings (SSSR count). The first-order chi connectivity index (χ1) is 21.2. The highest BCUT2D eigenvalue weighted by Gasteiger charge is 2.20. The van der Waals surface area contributed by atoms with E-state index in [4.69, 9.17) is 33.7 Å². The minimum Gasteiger partial charge on any atom is -0.508 e. The number of halogens is 2. The lowest BCUT2D eigenvalue weighted by Gasteiger charge is -2.21. The summed E-state index contributed by atoms with van der Waals surface area (Å²) in [6, 6.07) is 27.0. The second-order valence-electron chi connectivity index (χ2n) is 14.7. The Kier molecular flexibility index (Phi) is 13.8. The van der Waals surface area contributed by atoms with Crippen molar-refractivity contribution in [3.63, 3.8) is 0 Å². The van der Waals surface area contributed by atoms with Crippen LogP contribution in [-0.4, -0.2) is 11.1 Å². The van der Waals surface area contributed by atoms with Crippen molar-refractivity contribution in [2.24, 2.45) is 5.41 Å². The summed E-state index contributed by atoms with van der Waals surface area (Å²) in [7, 11) is 0. The molecule has 4 aromatic rings. The maximum atomic E-state index is 10.9. The number of nitrogen functional groups attached to an aromatic ring is 1.